The first-order valence-corrected chi connectivity index (χ1v) is 9.56. The maximum atomic E-state index is 12.1. The fourth-order valence-corrected chi connectivity index (χ4v) is 2.57. The summed E-state index contributed by atoms with van der Waals surface area (Å²) in [6, 6.07) is 11.3. The molecule has 0 radical (unpaired) electrons. The average molecular weight is 434 g/mol. The topological polar surface area (TPSA) is 93.7 Å². The second-order valence-electron chi connectivity index (χ2n) is 6.76. The number of rotatable bonds is 10. The number of aryl methyl sites for hydroxylation is 2. The first kappa shape index (κ1) is 23.8. The summed E-state index contributed by atoms with van der Waals surface area (Å²) in [7, 11) is 0. The summed E-state index contributed by atoms with van der Waals surface area (Å²) in [6.45, 7) is 0.380. The van der Waals surface area contributed by atoms with Gasteiger partial charge in [0.2, 0.25) is 0 Å². The van der Waals surface area contributed by atoms with Gasteiger partial charge in [-0.1, -0.05) is 18.2 Å². The predicted octanol–water partition coefficient (Wildman–Crippen LogP) is 2.54. The molecule has 0 heterocycles. The normalized spacial score (nSPS) is 10.5. The second-order valence-corrected chi connectivity index (χ2v) is 6.76. The van der Waals surface area contributed by atoms with Gasteiger partial charge in [0, 0.05) is 12.1 Å². The Hall–Kier alpha value is -3.49. The Bertz CT molecular complexity index is 917. The first-order valence-electron chi connectivity index (χ1n) is 9.56. The monoisotopic (exact) mass is 434 g/mol. The maximum Gasteiger partial charge on any atom is 0.387 e. The standard InChI is InChI=1S/C22H24F2N2O5/c1-14-3-6-17(11-15(14)2)21(29)26-12-20(28)30-13-19(27)25-10-9-16-4-7-18(8-5-16)31-22(23)24/h3-8,11,22H,9-10,12-13H2,1-2H3,(H,25,27)(H,26,29). The molecule has 2 aromatic carbocycles. The molecule has 0 saturated heterocycles. The molecular weight excluding hydrogens is 410 g/mol. The van der Waals surface area contributed by atoms with E-state index in [0.29, 0.717) is 12.0 Å². The molecule has 0 aliphatic carbocycles. The molecule has 0 bridgehead atoms. The van der Waals surface area contributed by atoms with Gasteiger partial charge in [-0.05, 0) is 61.2 Å². The molecule has 2 rings (SSSR count). The van der Waals surface area contributed by atoms with Crippen molar-refractivity contribution in [3.05, 3.63) is 64.7 Å². The summed E-state index contributed by atoms with van der Waals surface area (Å²) in [5.41, 5.74) is 3.26. The van der Waals surface area contributed by atoms with Crippen LogP contribution in [0, 0.1) is 13.8 Å². The maximum absolute atomic E-state index is 12.1. The SMILES string of the molecule is Cc1ccc(C(=O)NCC(=O)OCC(=O)NCCc2ccc(OC(F)F)cc2)cc1C. The summed E-state index contributed by atoms with van der Waals surface area (Å²) >= 11 is 0. The number of carbonyl (C=O) groups is 3. The van der Waals surface area contributed by atoms with Crippen LogP contribution in [0.25, 0.3) is 0 Å². The number of benzene rings is 2. The van der Waals surface area contributed by atoms with E-state index in [2.05, 4.69) is 15.4 Å². The minimum atomic E-state index is -2.88. The average Bonchev–Trinajstić information content (AvgIpc) is 2.73. The van der Waals surface area contributed by atoms with Crippen molar-refractivity contribution in [2.75, 3.05) is 19.7 Å². The third-order valence-electron chi connectivity index (χ3n) is 4.41. The Labute approximate surface area is 178 Å². The Morgan fingerprint density at radius 1 is 0.968 bits per heavy atom. The molecule has 9 heteroatoms. The lowest BCUT2D eigenvalue weighted by Gasteiger charge is -2.09. The highest BCUT2D eigenvalue weighted by Crippen LogP contribution is 2.15. The predicted molar refractivity (Wildman–Crippen MR) is 109 cm³/mol. The van der Waals surface area contributed by atoms with Crippen LogP contribution in [0.5, 0.6) is 5.75 Å². The van der Waals surface area contributed by atoms with E-state index in [1.807, 2.05) is 19.9 Å². The van der Waals surface area contributed by atoms with Gasteiger partial charge in [0.1, 0.15) is 12.3 Å². The van der Waals surface area contributed by atoms with Gasteiger partial charge in [-0.2, -0.15) is 8.78 Å². The Morgan fingerprint density at radius 2 is 1.68 bits per heavy atom. The molecule has 0 atom stereocenters. The molecule has 31 heavy (non-hydrogen) atoms. The number of hydrogen-bond acceptors (Lipinski definition) is 5. The van der Waals surface area contributed by atoms with E-state index in [1.54, 1.807) is 24.3 Å². The zero-order valence-electron chi connectivity index (χ0n) is 17.2. The molecule has 0 fully saturated rings. The van der Waals surface area contributed by atoms with Gasteiger partial charge in [-0.15, -0.1) is 0 Å². The van der Waals surface area contributed by atoms with Crippen molar-refractivity contribution in [1.82, 2.24) is 10.6 Å². The van der Waals surface area contributed by atoms with Crippen LogP contribution in [0.4, 0.5) is 8.78 Å². The molecule has 0 aliphatic rings. The second kappa shape index (κ2) is 11.6. The molecule has 2 N–H and O–H groups in total. The molecule has 2 aromatic rings. The largest absolute Gasteiger partial charge is 0.454 e. The minimum Gasteiger partial charge on any atom is -0.454 e. The van der Waals surface area contributed by atoms with E-state index in [9.17, 15) is 23.2 Å². The lowest BCUT2D eigenvalue weighted by Crippen LogP contribution is -2.34. The van der Waals surface area contributed by atoms with Crippen LogP contribution in [0.15, 0.2) is 42.5 Å². The zero-order chi connectivity index (χ0) is 22.8. The highest BCUT2D eigenvalue weighted by molar-refractivity contribution is 5.96. The van der Waals surface area contributed by atoms with Crippen molar-refractivity contribution >= 4 is 17.8 Å². The van der Waals surface area contributed by atoms with Gasteiger partial charge in [0.05, 0.1) is 0 Å². The van der Waals surface area contributed by atoms with E-state index in [-0.39, 0.29) is 18.8 Å². The third-order valence-corrected chi connectivity index (χ3v) is 4.41. The number of esters is 1. The number of alkyl halides is 2. The van der Waals surface area contributed by atoms with Crippen molar-refractivity contribution < 1.29 is 32.6 Å². The van der Waals surface area contributed by atoms with Gasteiger partial charge in [-0.25, -0.2) is 0 Å². The van der Waals surface area contributed by atoms with Crippen LogP contribution in [0.3, 0.4) is 0 Å². The smallest absolute Gasteiger partial charge is 0.387 e. The number of hydrogen-bond donors (Lipinski definition) is 2. The van der Waals surface area contributed by atoms with E-state index in [4.69, 9.17) is 4.74 Å². The summed E-state index contributed by atoms with van der Waals surface area (Å²) in [4.78, 5) is 35.5. The van der Waals surface area contributed by atoms with Gasteiger partial charge in [0.25, 0.3) is 11.8 Å². The fourth-order valence-electron chi connectivity index (χ4n) is 2.57. The molecule has 0 unspecified atom stereocenters. The lowest BCUT2D eigenvalue weighted by molar-refractivity contribution is -0.147. The van der Waals surface area contributed by atoms with E-state index < -0.39 is 31.0 Å². The summed E-state index contributed by atoms with van der Waals surface area (Å²) in [5.74, 6) is -1.58. The molecule has 7 nitrogen and oxygen atoms in total. The molecular formula is C22H24F2N2O5. The van der Waals surface area contributed by atoms with Crippen molar-refractivity contribution in [1.29, 1.82) is 0 Å². The minimum absolute atomic E-state index is 0.0549. The summed E-state index contributed by atoms with van der Waals surface area (Å²) < 4.78 is 33.3. The van der Waals surface area contributed by atoms with Gasteiger partial charge in [-0.3, -0.25) is 14.4 Å². The Morgan fingerprint density at radius 3 is 2.32 bits per heavy atom. The quantitative estimate of drug-likeness (QED) is 0.561. The van der Waals surface area contributed by atoms with Gasteiger partial charge in [0.15, 0.2) is 6.61 Å². The van der Waals surface area contributed by atoms with E-state index in [1.165, 1.54) is 12.1 Å². The van der Waals surface area contributed by atoms with E-state index in [0.717, 1.165) is 16.7 Å². The third kappa shape index (κ3) is 8.41. The Balaban J connectivity index is 1.63. The molecule has 0 aromatic heterocycles. The lowest BCUT2D eigenvalue weighted by atomic mass is 10.1. The Kier molecular flexibility index (Phi) is 8.93. The molecule has 0 aliphatic heterocycles. The van der Waals surface area contributed by atoms with Crippen LogP contribution in [-0.4, -0.2) is 44.1 Å². The van der Waals surface area contributed by atoms with Crippen LogP contribution in [-0.2, 0) is 20.7 Å². The van der Waals surface area contributed by atoms with E-state index >= 15 is 0 Å². The van der Waals surface area contributed by atoms with Crippen molar-refractivity contribution in [3.63, 3.8) is 0 Å². The number of ether oxygens (including phenoxy) is 2. The number of carbonyl (C=O) groups excluding carboxylic acids is 3. The molecule has 0 saturated carbocycles. The van der Waals surface area contributed by atoms with Gasteiger partial charge < -0.3 is 20.1 Å². The van der Waals surface area contributed by atoms with Crippen LogP contribution < -0.4 is 15.4 Å². The van der Waals surface area contributed by atoms with Crippen molar-refractivity contribution in [2.45, 2.75) is 26.9 Å². The number of nitrogens with one attached hydrogen (secondary N) is 2. The zero-order valence-corrected chi connectivity index (χ0v) is 17.2. The highest BCUT2D eigenvalue weighted by Gasteiger charge is 2.11. The van der Waals surface area contributed by atoms with Crippen LogP contribution in [0.2, 0.25) is 0 Å². The van der Waals surface area contributed by atoms with Crippen LogP contribution >= 0.6 is 0 Å². The molecule has 0 spiro atoms. The molecule has 2 amide bonds. The van der Waals surface area contributed by atoms with Crippen molar-refractivity contribution in [3.8, 4) is 5.75 Å². The fraction of sp³-hybridized carbons (Fsp3) is 0.318. The van der Waals surface area contributed by atoms with Gasteiger partial charge >= 0.3 is 12.6 Å². The number of halogens is 2. The first-order chi connectivity index (χ1) is 14.7. The molecule has 166 valence electrons. The van der Waals surface area contributed by atoms with Crippen molar-refractivity contribution in [2.24, 2.45) is 0 Å². The van der Waals surface area contributed by atoms with Crippen LogP contribution in [0.1, 0.15) is 27.0 Å². The number of amides is 2. The summed E-state index contributed by atoms with van der Waals surface area (Å²) in [6.07, 6.45) is 0.459. The highest BCUT2D eigenvalue weighted by atomic mass is 19.3. The summed E-state index contributed by atoms with van der Waals surface area (Å²) in [5, 5.41) is 5.03.